The molecule has 1 fully saturated rings. The predicted molar refractivity (Wildman–Crippen MR) is 66.3 cm³/mol. The second kappa shape index (κ2) is 6.00. The molecule has 1 aliphatic heterocycles. The number of rotatable bonds is 5. The van der Waals surface area contributed by atoms with Crippen LogP contribution >= 0.6 is 0 Å². The minimum atomic E-state index is -0.328. The number of amides is 2. The smallest absolute Gasteiger partial charge is 0.222 e. The fourth-order valence-electron chi connectivity index (χ4n) is 2.03. The lowest BCUT2D eigenvalue weighted by atomic mass is 10.0. The van der Waals surface area contributed by atoms with Crippen LogP contribution in [0.25, 0.3) is 0 Å². The van der Waals surface area contributed by atoms with E-state index in [9.17, 15) is 9.59 Å². The normalized spacial score (nSPS) is 21.9. The van der Waals surface area contributed by atoms with Crippen LogP contribution in [0.15, 0.2) is 0 Å². The standard InChI is InChI=1S/C12H23N3O2/c1-9(12(13)17)4-5-11(16)15-7-6-10(8-15)14(2)3/h9-10H,4-8H2,1-3H3,(H2,13,17)/t9-,10+/m0/s1. The second-order valence-corrected chi connectivity index (χ2v) is 5.09. The van der Waals surface area contributed by atoms with E-state index in [1.54, 1.807) is 6.92 Å². The van der Waals surface area contributed by atoms with Crippen molar-refractivity contribution in [3.05, 3.63) is 0 Å². The highest BCUT2D eigenvalue weighted by Gasteiger charge is 2.27. The van der Waals surface area contributed by atoms with Gasteiger partial charge in [-0.15, -0.1) is 0 Å². The summed E-state index contributed by atoms with van der Waals surface area (Å²) in [7, 11) is 4.07. The van der Waals surface area contributed by atoms with Gasteiger partial charge in [0.15, 0.2) is 0 Å². The van der Waals surface area contributed by atoms with Crippen molar-refractivity contribution in [1.29, 1.82) is 0 Å². The van der Waals surface area contributed by atoms with Crippen LogP contribution in [0.1, 0.15) is 26.2 Å². The number of nitrogens with two attached hydrogens (primary N) is 1. The first-order valence-corrected chi connectivity index (χ1v) is 6.15. The Morgan fingerprint density at radius 3 is 2.59 bits per heavy atom. The molecule has 0 spiro atoms. The van der Waals surface area contributed by atoms with Crippen molar-refractivity contribution >= 4 is 11.8 Å². The highest BCUT2D eigenvalue weighted by Crippen LogP contribution is 2.15. The van der Waals surface area contributed by atoms with Crippen LogP contribution in [0.2, 0.25) is 0 Å². The van der Waals surface area contributed by atoms with Crippen molar-refractivity contribution in [2.45, 2.75) is 32.2 Å². The zero-order valence-corrected chi connectivity index (χ0v) is 11.0. The Bertz CT molecular complexity index is 291. The largest absolute Gasteiger partial charge is 0.369 e. The number of carbonyl (C=O) groups is 2. The van der Waals surface area contributed by atoms with Gasteiger partial charge < -0.3 is 15.5 Å². The Balaban J connectivity index is 2.32. The summed E-state index contributed by atoms with van der Waals surface area (Å²) in [5.74, 6) is -0.404. The molecule has 1 saturated heterocycles. The summed E-state index contributed by atoms with van der Waals surface area (Å²) < 4.78 is 0. The number of carbonyl (C=O) groups excluding carboxylic acids is 2. The number of hydrogen-bond acceptors (Lipinski definition) is 3. The highest BCUT2D eigenvalue weighted by atomic mass is 16.2. The predicted octanol–water partition coefficient (Wildman–Crippen LogP) is 0.0505. The van der Waals surface area contributed by atoms with Gasteiger partial charge in [0.25, 0.3) is 0 Å². The molecular formula is C12H23N3O2. The molecule has 17 heavy (non-hydrogen) atoms. The average Bonchev–Trinajstić information content (AvgIpc) is 2.74. The summed E-state index contributed by atoms with van der Waals surface area (Å²) in [6, 6.07) is 0.465. The molecular weight excluding hydrogens is 218 g/mol. The highest BCUT2D eigenvalue weighted by molar-refractivity contribution is 5.79. The zero-order chi connectivity index (χ0) is 13.0. The van der Waals surface area contributed by atoms with Crippen molar-refractivity contribution in [2.75, 3.05) is 27.2 Å². The third-order valence-electron chi connectivity index (χ3n) is 3.52. The van der Waals surface area contributed by atoms with E-state index in [0.29, 0.717) is 18.9 Å². The van der Waals surface area contributed by atoms with Crippen molar-refractivity contribution in [3.8, 4) is 0 Å². The van der Waals surface area contributed by atoms with E-state index in [1.165, 1.54) is 0 Å². The van der Waals surface area contributed by atoms with Crippen molar-refractivity contribution in [3.63, 3.8) is 0 Å². The van der Waals surface area contributed by atoms with E-state index >= 15 is 0 Å². The van der Waals surface area contributed by atoms with E-state index in [4.69, 9.17) is 5.73 Å². The molecule has 0 radical (unpaired) electrons. The minimum Gasteiger partial charge on any atom is -0.369 e. The van der Waals surface area contributed by atoms with Crippen molar-refractivity contribution in [1.82, 2.24) is 9.80 Å². The Morgan fingerprint density at radius 2 is 2.12 bits per heavy atom. The van der Waals surface area contributed by atoms with Gasteiger partial charge in [-0.1, -0.05) is 6.92 Å². The van der Waals surface area contributed by atoms with Crippen LogP contribution in [0.3, 0.4) is 0 Å². The van der Waals surface area contributed by atoms with Crippen LogP contribution in [0, 0.1) is 5.92 Å². The fourth-order valence-corrected chi connectivity index (χ4v) is 2.03. The lowest BCUT2D eigenvalue weighted by Crippen LogP contribution is -2.34. The zero-order valence-electron chi connectivity index (χ0n) is 11.0. The SMILES string of the molecule is C[C@@H](CCC(=O)N1CC[C@@H](N(C)C)C1)C(N)=O. The maximum Gasteiger partial charge on any atom is 0.222 e. The summed E-state index contributed by atoms with van der Waals surface area (Å²) in [6.07, 6.45) is 2.01. The van der Waals surface area contributed by atoms with Gasteiger partial charge in [0.05, 0.1) is 0 Å². The van der Waals surface area contributed by atoms with E-state index in [2.05, 4.69) is 4.90 Å². The minimum absolute atomic E-state index is 0.141. The molecule has 1 heterocycles. The molecule has 0 unspecified atom stereocenters. The molecule has 2 N–H and O–H groups in total. The van der Waals surface area contributed by atoms with Gasteiger partial charge in [0.1, 0.15) is 0 Å². The fraction of sp³-hybridized carbons (Fsp3) is 0.833. The van der Waals surface area contributed by atoms with Gasteiger partial charge >= 0.3 is 0 Å². The van der Waals surface area contributed by atoms with Crippen LogP contribution in [0.4, 0.5) is 0 Å². The first-order chi connectivity index (χ1) is 7.91. The summed E-state index contributed by atoms with van der Waals surface area (Å²) in [4.78, 5) is 26.8. The lowest BCUT2D eigenvalue weighted by molar-refractivity contribution is -0.130. The summed E-state index contributed by atoms with van der Waals surface area (Å²) >= 11 is 0. The van der Waals surface area contributed by atoms with Crippen molar-refractivity contribution in [2.24, 2.45) is 11.7 Å². The summed E-state index contributed by atoms with van der Waals surface area (Å²) in [6.45, 7) is 3.39. The Kier molecular flexibility index (Phi) is 4.93. The van der Waals surface area contributed by atoms with Gasteiger partial charge in [0, 0.05) is 31.5 Å². The van der Waals surface area contributed by atoms with Gasteiger partial charge in [0.2, 0.25) is 11.8 Å². The molecule has 0 aliphatic carbocycles. The Morgan fingerprint density at radius 1 is 1.47 bits per heavy atom. The quantitative estimate of drug-likeness (QED) is 0.739. The van der Waals surface area contributed by atoms with Gasteiger partial charge in [-0.05, 0) is 26.9 Å². The molecule has 98 valence electrons. The van der Waals surface area contributed by atoms with Gasteiger partial charge in [-0.2, -0.15) is 0 Å². The third kappa shape index (κ3) is 4.00. The van der Waals surface area contributed by atoms with Crippen LogP contribution < -0.4 is 5.73 Å². The molecule has 0 aromatic heterocycles. The summed E-state index contributed by atoms with van der Waals surface area (Å²) in [5, 5.41) is 0. The lowest BCUT2D eigenvalue weighted by Gasteiger charge is -2.20. The number of nitrogens with zero attached hydrogens (tertiary/aromatic N) is 2. The third-order valence-corrected chi connectivity index (χ3v) is 3.52. The van der Waals surface area contributed by atoms with Crippen LogP contribution in [-0.2, 0) is 9.59 Å². The van der Waals surface area contributed by atoms with Gasteiger partial charge in [-0.3, -0.25) is 9.59 Å². The first-order valence-electron chi connectivity index (χ1n) is 6.15. The molecule has 0 bridgehead atoms. The molecule has 2 atom stereocenters. The second-order valence-electron chi connectivity index (χ2n) is 5.09. The topological polar surface area (TPSA) is 66.6 Å². The number of primary amides is 1. The first kappa shape index (κ1) is 14.0. The molecule has 2 amide bonds. The van der Waals surface area contributed by atoms with E-state index in [1.807, 2.05) is 19.0 Å². The molecule has 5 nitrogen and oxygen atoms in total. The number of hydrogen-bond donors (Lipinski definition) is 1. The monoisotopic (exact) mass is 241 g/mol. The summed E-state index contributed by atoms with van der Waals surface area (Å²) in [5.41, 5.74) is 5.17. The van der Waals surface area contributed by atoms with Crippen molar-refractivity contribution < 1.29 is 9.59 Å². The Hall–Kier alpha value is -1.10. The van der Waals surface area contributed by atoms with Gasteiger partial charge in [-0.25, -0.2) is 0 Å². The molecule has 0 saturated carbocycles. The maximum atomic E-state index is 11.9. The van der Waals surface area contributed by atoms with E-state index < -0.39 is 0 Å². The molecule has 5 heteroatoms. The molecule has 1 aliphatic rings. The number of likely N-dealkylation sites (tertiary alicyclic amines) is 1. The molecule has 0 aromatic rings. The van der Waals surface area contributed by atoms with Crippen LogP contribution in [0.5, 0.6) is 0 Å². The number of likely N-dealkylation sites (N-methyl/N-ethyl adjacent to an activating group) is 1. The average molecular weight is 241 g/mol. The van der Waals surface area contributed by atoms with E-state index in [-0.39, 0.29) is 17.7 Å². The van der Waals surface area contributed by atoms with E-state index in [0.717, 1.165) is 19.5 Å². The Labute approximate surface area is 103 Å². The maximum absolute atomic E-state index is 11.9. The van der Waals surface area contributed by atoms with Crippen LogP contribution in [-0.4, -0.2) is 54.8 Å². The molecule has 0 aromatic carbocycles. The molecule has 1 rings (SSSR count).